The van der Waals surface area contributed by atoms with Gasteiger partial charge in [0.05, 0.1) is 13.2 Å². The van der Waals surface area contributed by atoms with Crippen LogP contribution in [-0.2, 0) is 14.3 Å². The van der Waals surface area contributed by atoms with Crippen molar-refractivity contribution in [3.05, 3.63) is 10.4 Å². The molecule has 0 radical (unpaired) electrons. The summed E-state index contributed by atoms with van der Waals surface area (Å²) in [7, 11) is -4.64. The van der Waals surface area contributed by atoms with Gasteiger partial charge in [-0.25, -0.2) is 9.78 Å². The van der Waals surface area contributed by atoms with Crippen molar-refractivity contribution in [1.29, 1.82) is 0 Å². The lowest BCUT2D eigenvalue weighted by Gasteiger charge is -2.39. The number of hydrogen-bond acceptors (Lipinski definition) is 5. The Balaban J connectivity index is 5.18. The summed E-state index contributed by atoms with van der Waals surface area (Å²) in [6.45, 7) is 5.69. The van der Waals surface area contributed by atoms with Crippen LogP contribution in [0, 0.1) is 11.8 Å². The quantitative estimate of drug-likeness (QED) is 0.148. The average Bonchev–Trinajstić information content (AvgIpc) is 2.30. The minimum absolute atomic E-state index is 0.208. The van der Waals surface area contributed by atoms with Crippen LogP contribution in [0.4, 0.5) is 0 Å². The number of rotatable bonds is 9. The summed E-state index contributed by atoms with van der Waals surface area (Å²) in [5.74, 6) is -1.08. The fraction of sp³-hybridized carbons (Fsp3) is 1.00. The molecule has 118 valence electrons. The lowest BCUT2D eigenvalue weighted by Crippen LogP contribution is -2.44. The van der Waals surface area contributed by atoms with Gasteiger partial charge < -0.3 is 14.9 Å². The smallest absolute Gasteiger partial charge is 0.360 e. The maximum Gasteiger partial charge on any atom is 0.360 e. The van der Waals surface area contributed by atoms with Gasteiger partial charge in [0.2, 0.25) is 5.34 Å². The summed E-state index contributed by atoms with van der Waals surface area (Å²) in [5, 5.41) is 10.4. The highest BCUT2D eigenvalue weighted by molar-refractivity contribution is 7.53. The van der Waals surface area contributed by atoms with E-state index in [0.717, 1.165) is 0 Å². The van der Waals surface area contributed by atoms with E-state index in [1.54, 1.807) is 27.7 Å². The van der Waals surface area contributed by atoms with Crippen molar-refractivity contribution in [3.8, 4) is 0 Å². The van der Waals surface area contributed by atoms with Crippen LogP contribution < -0.4 is 0 Å². The molecule has 0 bridgehead atoms. The zero-order chi connectivity index (χ0) is 16.0. The number of azide groups is 1. The minimum atomic E-state index is -4.64. The SMILES string of the molecule is CC(C)C(OO[C@@H](CO)CN=[N+]=[N-])(C(C)C)P(=O)(O)O. The van der Waals surface area contributed by atoms with Crippen LogP contribution in [0.15, 0.2) is 5.11 Å². The van der Waals surface area contributed by atoms with Crippen LogP contribution in [0.5, 0.6) is 0 Å². The van der Waals surface area contributed by atoms with Gasteiger partial charge >= 0.3 is 7.60 Å². The molecular weight excluding hydrogens is 289 g/mol. The van der Waals surface area contributed by atoms with Crippen LogP contribution in [0.2, 0.25) is 0 Å². The van der Waals surface area contributed by atoms with E-state index in [-0.39, 0.29) is 6.54 Å². The van der Waals surface area contributed by atoms with Gasteiger partial charge in [0.15, 0.2) is 0 Å². The summed E-state index contributed by atoms with van der Waals surface area (Å²) >= 11 is 0. The highest BCUT2D eigenvalue weighted by Crippen LogP contribution is 2.59. The summed E-state index contributed by atoms with van der Waals surface area (Å²) in [6, 6.07) is 0. The Hall–Kier alpha value is -0.660. The molecule has 0 spiro atoms. The molecule has 0 rings (SSSR count). The molecule has 0 aliphatic rings. The molecule has 0 aromatic heterocycles. The van der Waals surface area contributed by atoms with E-state index in [1.807, 2.05) is 0 Å². The first kappa shape index (κ1) is 19.3. The Kier molecular flexibility index (Phi) is 7.69. The number of nitrogens with zero attached hydrogens (tertiary/aromatic N) is 3. The molecule has 0 aliphatic heterocycles. The van der Waals surface area contributed by atoms with Gasteiger partial charge in [-0.1, -0.05) is 32.8 Å². The molecular formula is C10H22N3O6P. The maximum absolute atomic E-state index is 11.8. The molecule has 0 saturated heterocycles. The Labute approximate surface area is 117 Å². The Morgan fingerprint density at radius 1 is 1.30 bits per heavy atom. The largest absolute Gasteiger partial charge is 0.394 e. The summed E-state index contributed by atoms with van der Waals surface area (Å²) < 4.78 is 11.8. The molecule has 0 unspecified atom stereocenters. The third-order valence-corrected chi connectivity index (χ3v) is 5.00. The fourth-order valence-corrected chi connectivity index (χ4v) is 3.46. The van der Waals surface area contributed by atoms with Crippen molar-refractivity contribution in [2.45, 2.75) is 39.1 Å². The summed E-state index contributed by atoms with van der Waals surface area (Å²) in [5.41, 5.74) is 8.20. The maximum atomic E-state index is 11.8. The highest BCUT2D eigenvalue weighted by atomic mass is 31.2. The van der Waals surface area contributed by atoms with E-state index in [4.69, 9.17) is 20.4 Å². The third kappa shape index (κ3) is 4.43. The van der Waals surface area contributed by atoms with Crippen molar-refractivity contribution in [2.75, 3.05) is 13.2 Å². The fourth-order valence-electron chi connectivity index (χ4n) is 1.97. The average molecular weight is 311 g/mol. The normalized spacial score (nSPS) is 14.4. The predicted molar refractivity (Wildman–Crippen MR) is 71.5 cm³/mol. The first-order valence-electron chi connectivity index (χ1n) is 6.15. The van der Waals surface area contributed by atoms with Gasteiger partial charge in [0.1, 0.15) is 6.10 Å². The molecule has 0 aliphatic carbocycles. The van der Waals surface area contributed by atoms with Crippen LogP contribution in [0.25, 0.3) is 10.4 Å². The molecule has 9 nitrogen and oxygen atoms in total. The van der Waals surface area contributed by atoms with Gasteiger partial charge in [-0.3, -0.25) is 4.57 Å². The van der Waals surface area contributed by atoms with Crippen molar-refractivity contribution in [3.63, 3.8) is 0 Å². The predicted octanol–water partition coefficient (Wildman–Crippen LogP) is 1.79. The van der Waals surface area contributed by atoms with E-state index in [1.165, 1.54) is 0 Å². The van der Waals surface area contributed by atoms with Gasteiger partial charge in [-0.15, -0.1) is 0 Å². The molecule has 20 heavy (non-hydrogen) atoms. The van der Waals surface area contributed by atoms with Crippen molar-refractivity contribution >= 4 is 7.60 Å². The first-order valence-corrected chi connectivity index (χ1v) is 7.76. The number of aliphatic hydroxyl groups is 1. The molecule has 0 amide bonds. The van der Waals surface area contributed by atoms with Gasteiger partial charge in [-0.2, -0.15) is 0 Å². The summed E-state index contributed by atoms with van der Waals surface area (Å²) in [6.07, 6.45) is -0.991. The lowest BCUT2D eigenvalue weighted by molar-refractivity contribution is -0.383. The standard InChI is InChI=1S/C10H22N3O6P/c1-7(2)10(8(3)4,20(15,16)17)19-18-9(6-14)5-12-13-11/h7-9,14H,5-6H2,1-4H3,(H2,15,16,17)/t9-/m1/s1. The third-order valence-electron chi connectivity index (χ3n) is 2.98. The van der Waals surface area contributed by atoms with Crippen molar-refractivity contribution in [2.24, 2.45) is 17.0 Å². The van der Waals surface area contributed by atoms with Crippen LogP contribution in [0.3, 0.4) is 0 Å². The molecule has 0 aromatic rings. The van der Waals surface area contributed by atoms with E-state index < -0.39 is 37.5 Å². The topological polar surface area (TPSA) is 145 Å². The van der Waals surface area contributed by atoms with Crippen molar-refractivity contribution in [1.82, 2.24) is 0 Å². The summed E-state index contributed by atoms with van der Waals surface area (Å²) in [4.78, 5) is 31.7. The van der Waals surface area contributed by atoms with E-state index in [2.05, 4.69) is 10.0 Å². The second kappa shape index (κ2) is 7.95. The number of aliphatic hydroxyl groups excluding tert-OH is 1. The van der Waals surface area contributed by atoms with Gasteiger partial charge in [-0.05, 0) is 17.4 Å². The van der Waals surface area contributed by atoms with Crippen molar-refractivity contribution < 1.29 is 29.2 Å². The minimum Gasteiger partial charge on any atom is -0.394 e. The molecule has 0 aromatic carbocycles. The van der Waals surface area contributed by atoms with Crippen LogP contribution in [-0.4, -0.2) is 39.5 Å². The molecule has 1 atom stereocenters. The Bertz CT molecular complexity index is 382. The Morgan fingerprint density at radius 2 is 1.80 bits per heavy atom. The second-order valence-electron chi connectivity index (χ2n) is 5.00. The van der Waals surface area contributed by atoms with E-state index in [0.29, 0.717) is 0 Å². The Morgan fingerprint density at radius 3 is 2.10 bits per heavy atom. The van der Waals surface area contributed by atoms with Crippen LogP contribution >= 0.6 is 7.60 Å². The molecule has 0 fully saturated rings. The van der Waals surface area contributed by atoms with Gasteiger partial charge in [0.25, 0.3) is 0 Å². The monoisotopic (exact) mass is 311 g/mol. The van der Waals surface area contributed by atoms with Crippen LogP contribution in [0.1, 0.15) is 27.7 Å². The zero-order valence-corrected chi connectivity index (χ0v) is 12.9. The van der Waals surface area contributed by atoms with E-state index in [9.17, 15) is 14.4 Å². The van der Waals surface area contributed by atoms with Gasteiger partial charge in [0, 0.05) is 4.91 Å². The molecule has 0 heterocycles. The second-order valence-corrected chi connectivity index (χ2v) is 6.79. The molecule has 0 saturated carbocycles. The number of hydrogen-bond donors (Lipinski definition) is 3. The molecule has 10 heteroatoms. The lowest BCUT2D eigenvalue weighted by atomic mass is 9.95. The zero-order valence-electron chi connectivity index (χ0n) is 12.0. The highest BCUT2D eigenvalue weighted by Gasteiger charge is 2.55. The first-order chi connectivity index (χ1) is 9.13. The molecule has 3 N–H and O–H groups in total. The van der Waals surface area contributed by atoms with E-state index >= 15 is 0 Å².